The zero-order valence-corrected chi connectivity index (χ0v) is 38.6. The zero-order chi connectivity index (χ0) is 46.2. The van der Waals surface area contributed by atoms with Gasteiger partial charge in [0.15, 0.2) is 23.6 Å². The van der Waals surface area contributed by atoms with Gasteiger partial charge in [-0.3, -0.25) is 29.4 Å². The molecule has 0 unspecified atom stereocenters. The fourth-order valence-corrected chi connectivity index (χ4v) is 11.6. The molecule has 6 heterocycles. The number of benzene rings is 3. The summed E-state index contributed by atoms with van der Waals surface area (Å²) in [5.41, 5.74) is 6.10. The Labute approximate surface area is 396 Å². The van der Waals surface area contributed by atoms with Crippen LogP contribution in [0.25, 0.3) is 11.2 Å². The third-order valence-corrected chi connectivity index (χ3v) is 15.7. The average Bonchev–Trinajstić information content (AvgIpc) is 3.75. The van der Waals surface area contributed by atoms with Gasteiger partial charge in [0.2, 0.25) is 17.7 Å². The molecule has 6 fully saturated rings. The number of aromatic nitrogens is 4. The van der Waals surface area contributed by atoms with Crippen LogP contribution in [0.5, 0.6) is 5.75 Å². The largest absolute Gasteiger partial charge is 0.484 e. The van der Waals surface area contributed by atoms with Crippen molar-refractivity contribution in [2.45, 2.75) is 81.8 Å². The Morgan fingerprint density at radius 3 is 2.31 bits per heavy atom. The summed E-state index contributed by atoms with van der Waals surface area (Å²) in [6.07, 6.45) is 11.6. The number of piperidine rings is 2. The molecule has 3 aromatic carbocycles. The second-order valence-corrected chi connectivity index (χ2v) is 20.2. The minimum Gasteiger partial charge on any atom is -0.484 e. The summed E-state index contributed by atoms with van der Waals surface area (Å²) in [5, 5.41) is 9.07. The van der Waals surface area contributed by atoms with E-state index in [0.717, 1.165) is 99.7 Å². The first-order valence-electron chi connectivity index (χ1n) is 24.6. The number of carbonyl (C=O) groups is 4. The van der Waals surface area contributed by atoms with Crippen molar-refractivity contribution in [1.82, 2.24) is 44.9 Å². The molecule has 0 radical (unpaired) electrons. The van der Waals surface area contributed by atoms with Gasteiger partial charge in [-0.05, 0) is 111 Å². The lowest BCUT2D eigenvalue weighted by atomic mass is 9.60. The molecular formula is C52H61N11O5. The third-order valence-electron chi connectivity index (χ3n) is 15.7. The van der Waals surface area contributed by atoms with E-state index < -0.39 is 0 Å². The van der Waals surface area contributed by atoms with Crippen LogP contribution in [0.4, 0.5) is 17.2 Å². The Balaban J connectivity index is 0.569. The van der Waals surface area contributed by atoms with E-state index in [1.807, 2.05) is 53.7 Å². The van der Waals surface area contributed by atoms with Crippen molar-refractivity contribution in [2.24, 2.45) is 11.3 Å². The standard InChI is InChI=1S/C52H61N11O5/c64-45-15-14-44(51(67)58-45)37-6-12-43(13-7-37)68-32-47(66)62-30-36(31-62)29-59-18-16-52(17-19-59)27-42(28-52)61-22-20-60(21-23-61)40-10-8-38(9-11-40)57-49-48-50(54-33-53-49)63(34-55-48)41-25-39(26-41)56-46(65)24-35-4-2-1-3-5-35/h1-13,33-34,36,39,41-42,44H,14-32H2,(H,56,65)(H,53,54,57)(H,58,64,67)/t39?,41?,44-/m0/s1. The summed E-state index contributed by atoms with van der Waals surface area (Å²) < 4.78 is 7.91. The van der Waals surface area contributed by atoms with E-state index in [1.54, 1.807) is 18.5 Å². The van der Waals surface area contributed by atoms with Crippen LogP contribution >= 0.6 is 0 Å². The number of piperazine rings is 1. The van der Waals surface area contributed by atoms with E-state index in [4.69, 9.17) is 9.72 Å². The summed E-state index contributed by atoms with van der Waals surface area (Å²) in [6, 6.07) is 26.8. The van der Waals surface area contributed by atoms with Crippen molar-refractivity contribution < 1.29 is 23.9 Å². The van der Waals surface area contributed by atoms with E-state index in [-0.39, 0.29) is 48.2 Å². The smallest absolute Gasteiger partial charge is 0.260 e. The van der Waals surface area contributed by atoms with Crippen LogP contribution in [0.15, 0.2) is 91.5 Å². The molecule has 16 nitrogen and oxygen atoms in total. The number of fused-ring (bicyclic) bond motifs is 1. The van der Waals surface area contributed by atoms with E-state index in [2.05, 4.69) is 69.5 Å². The van der Waals surface area contributed by atoms with E-state index in [0.29, 0.717) is 48.2 Å². The number of anilines is 3. The van der Waals surface area contributed by atoms with Crippen molar-refractivity contribution >= 4 is 52.0 Å². The lowest BCUT2D eigenvalue weighted by Crippen LogP contribution is -2.60. The van der Waals surface area contributed by atoms with E-state index in [9.17, 15) is 19.2 Å². The Morgan fingerprint density at radius 2 is 1.57 bits per heavy atom. The van der Waals surface area contributed by atoms with E-state index >= 15 is 0 Å². The highest BCUT2D eigenvalue weighted by atomic mass is 16.5. The number of hydrogen-bond donors (Lipinski definition) is 3. The van der Waals surface area contributed by atoms with Crippen LogP contribution in [0.2, 0.25) is 0 Å². The van der Waals surface area contributed by atoms with Gasteiger partial charge < -0.3 is 34.6 Å². The van der Waals surface area contributed by atoms with Crippen molar-refractivity contribution in [1.29, 1.82) is 0 Å². The van der Waals surface area contributed by atoms with Gasteiger partial charge in [0.25, 0.3) is 5.91 Å². The lowest BCUT2D eigenvalue weighted by Gasteiger charge is -2.57. The third kappa shape index (κ3) is 9.53. The Kier molecular flexibility index (Phi) is 12.3. The quantitative estimate of drug-likeness (QED) is 0.127. The van der Waals surface area contributed by atoms with E-state index in [1.165, 1.54) is 31.4 Å². The molecule has 3 N–H and O–H groups in total. The first kappa shape index (κ1) is 44.1. The monoisotopic (exact) mass is 919 g/mol. The summed E-state index contributed by atoms with van der Waals surface area (Å²) >= 11 is 0. The minimum atomic E-state index is -0.334. The zero-order valence-electron chi connectivity index (χ0n) is 38.6. The minimum absolute atomic E-state index is 0.00529. The molecule has 16 heteroatoms. The molecule has 6 aliphatic rings. The van der Waals surface area contributed by atoms with Crippen LogP contribution in [0.3, 0.4) is 0 Å². The maximum absolute atomic E-state index is 12.9. The average molecular weight is 920 g/mol. The number of likely N-dealkylation sites (tertiary alicyclic amines) is 2. The fraction of sp³-hybridized carbons (Fsp3) is 0.481. The van der Waals surface area contributed by atoms with Gasteiger partial charge >= 0.3 is 0 Å². The Morgan fingerprint density at radius 1 is 0.824 bits per heavy atom. The predicted octanol–water partition coefficient (Wildman–Crippen LogP) is 5.06. The summed E-state index contributed by atoms with van der Waals surface area (Å²) in [5.74, 6) is 1.05. The number of imidazole rings is 1. The molecule has 2 aliphatic carbocycles. The van der Waals surface area contributed by atoms with Crippen LogP contribution in [0.1, 0.15) is 74.5 Å². The number of imide groups is 1. The molecule has 4 saturated heterocycles. The number of nitrogens with zero attached hydrogens (tertiary/aromatic N) is 8. The van der Waals surface area contributed by atoms with Gasteiger partial charge in [-0.15, -0.1) is 0 Å². The molecule has 1 atom stereocenters. The molecule has 4 aliphatic heterocycles. The second-order valence-electron chi connectivity index (χ2n) is 20.2. The predicted molar refractivity (Wildman–Crippen MR) is 257 cm³/mol. The number of ether oxygens (including phenoxy) is 1. The number of amides is 4. The first-order chi connectivity index (χ1) is 33.2. The number of nitrogens with one attached hydrogen (secondary N) is 3. The van der Waals surface area contributed by atoms with Crippen LogP contribution in [-0.4, -0.2) is 135 Å². The molecule has 5 aromatic rings. The molecule has 0 bridgehead atoms. The summed E-state index contributed by atoms with van der Waals surface area (Å²) in [4.78, 5) is 72.7. The second kappa shape index (κ2) is 18.9. The van der Waals surface area contributed by atoms with Gasteiger partial charge in [0.05, 0.1) is 18.7 Å². The molecule has 2 aromatic heterocycles. The van der Waals surface area contributed by atoms with Gasteiger partial charge in [0, 0.05) is 87.7 Å². The lowest BCUT2D eigenvalue weighted by molar-refractivity contribution is -0.140. The molecule has 11 rings (SSSR count). The fourth-order valence-electron chi connectivity index (χ4n) is 11.6. The highest BCUT2D eigenvalue weighted by Gasteiger charge is 2.48. The molecule has 68 heavy (non-hydrogen) atoms. The Bertz CT molecular complexity index is 2610. The maximum Gasteiger partial charge on any atom is 0.260 e. The number of carbonyl (C=O) groups excluding carboxylic acids is 4. The molecule has 354 valence electrons. The molecule has 4 amide bonds. The molecule has 1 spiro atoms. The highest BCUT2D eigenvalue weighted by Crippen LogP contribution is 2.51. The number of hydrogen-bond acceptors (Lipinski definition) is 12. The summed E-state index contributed by atoms with van der Waals surface area (Å²) in [6.45, 7) is 9.18. The van der Waals surface area contributed by atoms with Gasteiger partial charge in [-0.2, -0.15) is 0 Å². The van der Waals surface area contributed by atoms with Crippen molar-refractivity contribution in [3.05, 3.63) is 103 Å². The van der Waals surface area contributed by atoms with Crippen molar-refractivity contribution in [3.63, 3.8) is 0 Å². The number of rotatable bonds is 14. The van der Waals surface area contributed by atoms with Crippen molar-refractivity contribution in [2.75, 3.05) is 75.7 Å². The van der Waals surface area contributed by atoms with Crippen LogP contribution < -0.4 is 25.6 Å². The van der Waals surface area contributed by atoms with Gasteiger partial charge in [0.1, 0.15) is 12.1 Å². The highest BCUT2D eigenvalue weighted by molar-refractivity contribution is 6.01. The normalized spacial score (nSPS) is 23.4. The molecule has 2 saturated carbocycles. The van der Waals surface area contributed by atoms with Gasteiger partial charge in [-0.1, -0.05) is 42.5 Å². The van der Waals surface area contributed by atoms with Crippen molar-refractivity contribution in [3.8, 4) is 5.75 Å². The maximum atomic E-state index is 12.9. The van der Waals surface area contributed by atoms with Crippen LogP contribution in [-0.2, 0) is 25.6 Å². The topological polar surface area (TPSA) is 170 Å². The van der Waals surface area contributed by atoms with Crippen LogP contribution in [0, 0.1) is 11.3 Å². The molecular weight excluding hydrogens is 859 g/mol. The first-order valence-corrected chi connectivity index (χ1v) is 24.6. The summed E-state index contributed by atoms with van der Waals surface area (Å²) in [7, 11) is 0. The van der Waals surface area contributed by atoms with Gasteiger partial charge in [-0.25, -0.2) is 15.0 Å². The Hall–Kier alpha value is -6.39. The SMILES string of the molecule is O=C1CC[C@@H](c2ccc(OCC(=O)N3CC(CN4CCC5(CC4)CC(N4CCN(c6ccc(Nc7ncnc8c7ncn8C7CC(NC(=O)Cc8ccccc8)C7)cc6)CC4)C5)C3)cc2)C(=O)N1.